The van der Waals surface area contributed by atoms with Crippen LogP contribution >= 0.6 is 11.7 Å². The Morgan fingerprint density at radius 2 is 1.74 bits per heavy atom. The second-order valence-corrected chi connectivity index (χ2v) is 24.1. The molecule has 10 atom stereocenters. The maximum Gasteiger partial charge on any atom is 0.315 e. The van der Waals surface area contributed by atoms with Crippen molar-refractivity contribution in [3.8, 4) is 5.88 Å². The molecular formula is C47H72N4O5S2. The lowest BCUT2D eigenvalue weighted by molar-refractivity contribution is -0.221. The fraction of sp³-hybridized carbons (Fsp3) is 0.809. The number of carbonyl (C=O) groups is 1. The highest BCUT2D eigenvalue weighted by Gasteiger charge is 2.70. The Bertz CT molecular complexity index is 1900. The normalized spacial score (nSPS) is 41.8. The third-order valence-electron chi connectivity index (χ3n) is 18.5. The van der Waals surface area contributed by atoms with E-state index < -0.39 is 15.3 Å². The minimum Gasteiger partial charge on any atom is -0.475 e. The number of aromatic nitrogens is 2. The second kappa shape index (κ2) is 15.4. The number of nitrogens with one attached hydrogen (secondary N) is 1. The summed E-state index contributed by atoms with van der Waals surface area (Å²) in [5, 5.41) is 4.23. The molecule has 1 N–H and O–H groups in total. The van der Waals surface area contributed by atoms with E-state index in [1.54, 1.807) is 6.20 Å². The zero-order valence-corrected chi connectivity index (χ0v) is 38.3. The van der Waals surface area contributed by atoms with Gasteiger partial charge in [0, 0.05) is 31.7 Å². The van der Waals surface area contributed by atoms with E-state index in [-0.39, 0.29) is 39.8 Å². The molecule has 4 saturated carbocycles. The molecular weight excluding hydrogens is 765 g/mol. The molecule has 8 rings (SSSR count). The van der Waals surface area contributed by atoms with Crippen LogP contribution < -0.4 is 10.1 Å². The van der Waals surface area contributed by atoms with Crippen molar-refractivity contribution < 1.29 is 22.7 Å². The molecule has 1 saturated heterocycles. The molecule has 1 aromatic rings. The quantitative estimate of drug-likeness (QED) is 0.173. The number of nitrogens with zero attached hydrogens (tertiary/aromatic N) is 3. The van der Waals surface area contributed by atoms with E-state index in [0.29, 0.717) is 79.5 Å². The van der Waals surface area contributed by atoms with Crippen molar-refractivity contribution in [2.45, 2.75) is 131 Å². The molecule has 0 aromatic carbocycles. The molecule has 9 nitrogen and oxygen atoms in total. The highest BCUT2D eigenvalue weighted by molar-refractivity contribution is 7.91. The Balaban J connectivity index is 1.02. The number of carbonyl (C=O) groups excluding carboxylic acids is 1. The summed E-state index contributed by atoms with van der Waals surface area (Å²) < 4.78 is 44.1. The summed E-state index contributed by atoms with van der Waals surface area (Å²) in [6.45, 7) is 25.8. The van der Waals surface area contributed by atoms with Crippen LogP contribution in [0.25, 0.3) is 0 Å². The molecule has 2 heterocycles. The zero-order valence-electron chi connectivity index (χ0n) is 36.7. The van der Waals surface area contributed by atoms with E-state index in [1.165, 1.54) is 68.1 Å². The smallest absolute Gasteiger partial charge is 0.315 e. The lowest BCUT2D eigenvalue weighted by Crippen LogP contribution is -2.68. The first-order valence-electron chi connectivity index (χ1n) is 22.7. The fourth-order valence-electron chi connectivity index (χ4n) is 15.3. The maximum absolute atomic E-state index is 13.5. The van der Waals surface area contributed by atoms with Crippen molar-refractivity contribution in [3.05, 3.63) is 41.6 Å². The summed E-state index contributed by atoms with van der Waals surface area (Å²) in [4.78, 5) is 15.8. The SMILES string of the molecule is C=C(C)[C@@H]1CC[C@]2(NCCN3CCS(=O)(=O)CC3)CC[C@]3(C)C(CC[C@@H]4[C@@]5(C)CC=C(C6=CCC(COc7cnsn7)(C(=O)OCC)CC6)C(C)(C)[C@@H]5CC[C@]43C)[C@@H]12. The number of rotatable bonds is 11. The molecule has 5 fully saturated rings. The predicted molar refractivity (Wildman–Crippen MR) is 232 cm³/mol. The molecule has 322 valence electrons. The Kier molecular flexibility index (Phi) is 11.3. The summed E-state index contributed by atoms with van der Waals surface area (Å²) in [5.74, 6) is 4.00. The number of fused-ring (bicyclic) bond motifs is 7. The number of sulfone groups is 1. The molecule has 11 heteroatoms. The van der Waals surface area contributed by atoms with Crippen LogP contribution in [-0.2, 0) is 19.4 Å². The number of hydrogen-bond donors (Lipinski definition) is 1. The van der Waals surface area contributed by atoms with E-state index >= 15 is 0 Å². The number of allylic oxidation sites excluding steroid dienone is 5. The predicted octanol–water partition coefficient (Wildman–Crippen LogP) is 8.84. The van der Waals surface area contributed by atoms with Crippen molar-refractivity contribution in [2.24, 2.45) is 56.7 Å². The minimum atomic E-state index is -2.87. The third kappa shape index (κ3) is 6.90. The molecule has 7 aliphatic rings. The Morgan fingerprint density at radius 1 is 0.966 bits per heavy atom. The van der Waals surface area contributed by atoms with Crippen LogP contribution in [0.2, 0.25) is 0 Å². The summed E-state index contributed by atoms with van der Waals surface area (Å²) in [7, 11) is -2.87. The topological polar surface area (TPSA) is 111 Å². The summed E-state index contributed by atoms with van der Waals surface area (Å²) in [6.07, 6.45) is 20.0. The molecule has 6 aliphatic carbocycles. The van der Waals surface area contributed by atoms with Gasteiger partial charge in [-0.3, -0.25) is 4.79 Å². The van der Waals surface area contributed by atoms with Crippen LogP contribution in [0.15, 0.2) is 41.6 Å². The van der Waals surface area contributed by atoms with Gasteiger partial charge in [0.1, 0.15) is 18.2 Å². The van der Waals surface area contributed by atoms with Crippen molar-refractivity contribution in [3.63, 3.8) is 0 Å². The van der Waals surface area contributed by atoms with Gasteiger partial charge in [0.2, 0.25) is 5.88 Å². The second-order valence-electron chi connectivity index (χ2n) is 21.3. The molecule has 0 amide bonds. The fourth-order valence-corrected chi connectivity index (χ4v) is 16.9. The van der Waals surface area contributed by atoms with Gasteiger partial charge in [0.05, 0.1) is 29.8 Å². The molecule has 1 aromatic heterocycles. The van der Waals surface area contributed by atoms with Gasteiger partial charge in [0.15, 0.2) is 9.84 Å². The Labute approximate surface area is 353 Å². The molecule has 1 aliphatic heterocycles. The molecule has 0 spiro atoms. The van der Waals surface area contributed by atoms with Crippen molar-refractivity contribution in [1.29, 1.82) is 0 Å². The van der Waals surface area contributed by atoms with Crippen molar-refractivity contribution in [1.82, 2.24) is 19.0 Å². The first-order chi connectivity index (χ1) is 27.4. The van der Waals surface area contributed by atoms with Gasteiger partial charge < -0.3 is 19.7 Å². The Hall–Kier alpha value is -2.08. The number of esters is 1. The van der Waals surface area contributed by atoms with E-state index in [2.05, 4.69) is 79.2 Å². The van der Waals surface area contributed by atoms with Crippen LogP contribution in [0.4, 0.5) is 0 Å². The highest BCUT2D eigenvalue weighted by atomic mass is 32.2. The zero-order chi connectivity index (χ0) is 41.4. The van der Waals surface area contributed by atoms with Crippen LogP contribution in [0, 0.1) is 56.7 Å². The first kappa shape index (κ1) is 42.6. The van der Waals surface area contributed by atoms with Gasteiger partial charge in [-0.2, -0.15) is 4.37 Å². The van der Waals surface area contributed by atoms with E-state index in [1.807, 2.05) is 6.92 Å². The number of hydrogen-bond acceptors (Lipinski definition) is 10. The number of ether oxygens (including phenoxy) is 2. The van der Waals surface area contributed by atoms with Crippen LogP contribution in [0.3, 0.4) is 0 Å². The van der Waals surface area contributed by atoms with Gasteiger partial charge in [-0.15, -0.1) is 4.37 Å². The Morgan fingerprint density at radius 3 is 2.41 bits per heavy atom. The third-order valence-corrected chi connectivity index (χ3v) is 20.6. The summed E-state index contributed by atoms with van der Waals surface area (Å²) in [5.41, 5.74) is 4.53. The molecule has 2 unspecified atom stereocenters. The van der Waals surface area contributed by atoms with Crippen molar-refractivity contribution in [2.75, 3.05) is 50.9 Å². The molecule has 58 heavy (non-hydrogen) atoms. The first-order valence-corrected chi connectivity index (χ1v) is 25.3. The van der Waals surface area contributed by atoms with E-state index in [0.717, 1.165) is 37.7 Å². The van der Waals surface area contributed by atoms with Gasteiger partial charge in [-0.1, -0.05) is 58.9 Å². The minimum absolute atomic E-state index is 0.0330. The lowest BCUT2D eigenvalue weighted by Gasteiger charge is -2.72. The average molecular weight is 837 g/mol. The lowest BCUT2D eigenvalue weighted by atomic mass is 9.33. The summed E-state index contributed by atoms with van der Waals surface area (Å²) in [6, 6.07) is 0. The van der Waals surface area contributed by atoms with E-state index in [4.69, 9.17) is 9.47 Å². The standard InChI is InChI=1S/C47H72N4O5S2/c1-9-55-41(52)46(31-56-39-30-49-57-50-39)19-12-33(13-20-46)35-15-17-43(6)37(42(35,4)5)16-18-45(8)38(43)11-10-36-40-34(32(2)3)14-21-47(40,23-22-44(36,45)7)48-24-25-51-26-28-58(53,54)29-27-51/h12,15,30,34,36-38,40,48H,2,9-11,13-14,16-29,31H2,1,3-8H3/t34-,36?,37-,38+,40+,43-,44+,45+,46?,47-/m0/s1. The van der Waals surface area contributed by atoms with Gasteiger partial charge in [-0.25, -0.2) is 8.42 Å². The van der Waals surface area contributed by atoms with Crippen LogP contribution in [0.1, 0.15) is 126 Å². The van der Waals surface area contributed by atoms with Gasteiger partial charge in [-0.05, 0) is 153 Å². The summed E-state index contributed by atoms with van der Waals surface area (Å²) >= 11 is 1.11. The average Bonchev–Trinajstić information content (AvgIpc) is 3.84. The largest absolute Gasteiger partial charge is 0.475 e. The van der Waals surface area contributed by atoms with E-state index in [9.17, 15) is 13.2 Å². The van der Waals surface area contributed by atoms with Crippen LogP contribution in [-0.4, -0.2) is 84.5 Å². The monoisotopic (exact) mass is 836 g/mol. The van der Waals surface area contributed by atoms with Gasteiger partial charge >= 0.3 is 5.97 Å². The van der Waals surface area contributed by atoms with Gasteiger partial charge in [0.25, 0.3) is 0 Å². The molecule has 0 radical (unpaired) electrons. The van der Waals surface area contributed by atoms with Crippen LogP contribution in [0.5, 0.6) is 5.88 Å². The molecule has 0 bridgehead atoms. The maximum atomic E-state index is 13.5. The van der Waals surface area contributed by atoms with Crippen molar-refractivity contribution >= 4 is 27.5 Å². The highest BCUT2D eigenvalue weighted by Crippen LogP contribution is 2.76.